The van der Waals surface area contributed by atoms with Gasteiger partial charge in [-0.05, 0) is 43.0 Å². The zero-order valence-corrected chi connectivity index (χ0v) is 14.7. The predicted molar refractivity (Wildman–Crippen MR) is 96.6 cm³/mol. The first-order valence-corrected chi connectivity index (χ1v) is 8.88. The Labute approximate surface area is 148 Å². The molecule has 1 aromatic heterocycles. The van der Waals surface area contributed by atoms with E-state index in [-0.39, 0.29) is 12.5 Å². The normalized spacial score (nSPS) is 17.8. The third-order valence-corrected chi connectivity index (χ3v) is 4.88. The van der Waals surface area contributed by atoms with Crippen molar-refractivity contribution in [1.82, 2.24) is 20.0 Å². The van der Waals surface area contributed by atoms with Crippen molar-refractivity contribution >= 4 is 5.91 Å². The van der Waals surface area contributed by atoms with Crippen molar-refractivity contribution in [3.63, 3.8) is 0 Å². The zero-order chi connectivity index (χ0) is 17.6. The molecule has 0 radical (unpaired) electrons. The van der Waals surface area contributed by atoms with Gasteiger partial charge in [0, 0.05) is 25.8 Å². The first-order chi connectivity index (χ1) is 12.2. The Bertz CT molecular complexity index is 713. The summed E-state index contributed by atoms with van der Waals surface area (Å²) in [5.74, 6) is 0.448. The monoisotopic (exact) mass is 342 g/mol. The number of amides is 1. The summed E-state index contributed by atoms with van der Waals surface area (Å²) in [6.45, 7) is 6.05. The summed E-state index contributed by atoms with van der Waals surface area (Å²) in [4.78, 5) is 14.6. The summed E-state index contributed by atoms with van der Waals surface area (Å²) in [6, 6.07) is 10.3. The minimum atomic E-state index is -0.138. The van der Waals surface area contributed by atoms with Crippen LogP contribution in [0, 0.1) is 6.92 Å². The lowest BCUT2D eigenvalue weighted by molar-refractivity contribution is 0.0937. The van der Waals surface area contributed by atoms with Crippen LogP contribution < -0.4 is 5.32 Å². The molecule has 0 aliphatic carbocycles. The maximum Gasteiger partial charge on any atom is 0.269 e. The molecule has 1 atom stereocenters. The van der Waals surface area contributed by atoms with E-state index < -0.39 is 0 Å². The Balaban J connectivity index is 1.46. The second kappa shape index (κ2) is 8.27. The Morgan fingerprint density at radius 2 is 2.16 bits per heavy atom. The maximum atomic E-state index is 12.2. The lowest BCUT2D eigenvalue weighted by Crippen LogP contribution is -2.34. The number of carbonyl (C=O) groups excluding carboxylic acids is 1. The van der Waals surface area contributed by atoms with E-state index in [4.69, 9.17) is 5.11 Å². The van der Waals surface area contributed by atoms with Gasteiger partial charge >= 0.3 is 0 Å². The second-order valence-corrected chi connectivity index (χ2v) is 6.56. The van der Waals surface area contributed by atoms with E-state index in [0.29, 0.717) is 24.7 Å². The van der Waals surface area contributed by atoms with Gasteiger partial charge < -0.3 is 15.3 Å². The Morgan fingerprint density at radius 1 is 1.32 bits per heavy atom. The van der Waals surface area contributed by atoms with E-state index in [1.54, 1.807) is 12.3 Å². The Kier molecular flexibility index (Phi) is 5.83. The minimum absolute atomic E-state index is 0.0317. The standard InChI is InChI=1S/C19H26N4O2/c1-15-4-2-3-5-17(15)16-7-10-22(14-16)11-9-20-19(25)18-6-8-21-23(18)12-13-24/h2-6,8,16,24H,7,9-14H2,1H3,(H,20,25). The summed E-state index contributed by atoms with van der Waals surface area (Å²) >= 11 is 0. The number of carbonyl (C=O) groups is 1. The number of likely N-dealkylation sites (tertiary alicyclic amines) is 1. The molecule has 1 saturated heterocycles. The third kappa shape index (κ3) is 4.27. The summed E-state index contributed by atoms with van der Waals surface area (Å²) in [5.41, 5.74) is 3.30. The smallest absolute Gasteiger partial charge is 0.269 e. The fraction of sp³-hybridized carbons (Fsp3) is 0.474. The van der Waals surface area contributed by atoms with Crippen LogP contribution in [0.1, 0.15) is 34.0 Å². The van der Waals surface area contributed by atoms with Gasteiger partial charge in [0.2, 0.25) is 0 Å². The number of aliphatic hydroxyl groups is 1. The summed E-state index contributed by atoms with van der Waals surface area (Å²) in [5, 5.41) is 16.0. The highest BCUT2D eigenvalue weighted by Crippen LogP contribution is 2.28. The molecule has 25 heavy (non-hydrogen) atoms. The molecule has 2 aromatic rings. The molecular formula is C19H26N4O2. The van der Waals surface area contributed by atoms with E-state index in [9.17, 15) is 4.79 Å². The number of hydrogen-bond acceptors (Lipinski definition) is 4. The van der Waals surface area contributed by atoms with Crippen LogP contribution in [-0.4, -0.2) is 58.5 Å². The van der Waals surface area contributed by atoms with Crippen LogP contribution >= 0.6 is 0 Å². The highest BCUT2D eigenvalue weighted by Gasteiger charge is 2.24. The fourth-order valence-electron chi connectivity index (χ4n) is 3.55. The molecule has 1 aliphatic heterocycles. The van der Waals surface area contributed by atoms with Crippen molar-refractivity contribution in [3.8, 4) is 0 Å². The van der Waals surface area contributed by atoms with E-state index in [1.807, 2.05) is 0 Å². The van der Waals surface area contributed by atoms with Gasteiger partial charge in [0.15, 0.2) is 0 Å². The van der Waals surface area contributed by atoms with E-state index in [2.05, 4.69) is 46.5 Å². The van der Waals surface area contributed by atoms with Gasteiger partial charge in [-0.1, -0.05) is 24.3 Å². The van der Waals surface area contributed by atoms with Gasteiger partial charge in [-0.25, -0.2) is 0 Å². The number of benzene rings is 1. The van der Waals surface area contributed by atoms with Crippen LogP contribution in [0.25, 0.3) is 0 Å². The van der Waals surface area contributed by atoms with Crippen molar-refractivity contribution in [1.29, 1.82) is 0 Å². The number of hydrogen-bond donors (Lipinski definition) is 2. The van der Waals surface area contributed by atoms with Crippen LogP contribution in [-0.2, 0) is 6.54 Å². The average Bonchev–Trinajstić information content (AvgIpc) is 3.25. The molecule has 6 nitrogen and oxygen atoms in total. The largest absolute Gasteiger partial charge is 0.394 e. The van der Waals surface area contributed by atoms with Gasteiger partial charge in [-0.3, -0.25) is 9.48 Å². The van der Waals surface area contributed by atoms with Crippen LogP contribution in [0.15, 0.2) is 36.5 Å². The number of nitrogens with one attached hydrogen (secondary N) is 1. The van der Waals surface area contributed by atoms with Crippen LogP contribution in [0.4, 0.5) is 0 Å². The first-order valence-electron chi connectivity index (χ1n) is 8.88. The average molecular weight is 342 g/mol. The summed E-state index contributed by atoms with van der Waals surface area (Å²) < 4.78 is 1.53. The molecule has 1 fully saturated rings. The highest BCUT2D eigenvalue weighted by atomic mass is 16.3. The fourth-order valence-corrected chi connectivity index (χ4v) is 3.55. The number of aryl methyl sites for hydroxylation is 1. The van der Waals surface area contributed by atoms with E-state index >= 15 is 0 Å². The van der Waals surface area contributed by atoms with Crippen molar-refractivity contribution in [2.24, 2.45) is 0 Å². The summed E-state index contributed by atoms with van der Waals surface area (Å²) in [7, 11) is 0. The van der Waals surface area contributed by atoms with Crippen LogP contribution in [0.5, 0.6) is 0 Å². The number of aliphatic hydroxyl groups excluding tert-OH is 1. The van der Waals surface area contributed by atoms with Crippen LogP contribution in [0.2, 0.25) is 0 Å². The molecule has 0 bridgehead atoms. The van der Waals surface area contributed by atoms with E-state index in [1.165, 1.54) is 22.2 Å². The third-order valence-electron chi connectivity index (χ3n) is 4.88. The van der Waals surface area contributed by atoms with Crippen molar-refractivity contribution in [3.05, 3.63) is 53.3 Å². The quantitative estimate of drug-likeness (QED) is 0.798. The molecule has 2 N–H and O–H groups in total. The molecule has 1 amide bonds. The molecule has 3 rings (SSSR count). The van der Waals surface area contributed by atoms with Crippen molar-refractivity contribution < 1.29 is 9.90 Å². The van der Waals surface area contributed by atoms with Gasteiger partial charge in [-0.2, -0.15) is 5.10 Å². The topological polar surface area (TPSA) is 70.4 Å². The van der Waals surface area contributed by atoms with Crippen molar-refractivity contribution in [2.45, 2.75) is 25.8 Å². The van der Waals surface area contributed by atoms with Gasteiger partial charge in [0.1, 0.15) is 5.69 Å². The van der Waals surface area contributed by atoms with Crippen molar-refractivity contribution in [2.75, 3.05) is 32.8 Å². The number of aromatic nitrogens is 2. The van der Waals surface area contributed by atoms with Crippen LogP contribution in [0.3, 0.4) is 0 Å². The highest BCUT2D eigenvalue weighted by molar-refractivity contribution is 5.92. The lowest BCUT2D eigenvalue weighted by Gasteiger charge is -2.17. The Morgan fingerprint density at radius 3 is 2.96 bits per heavy atom. The maximum absolute atomic E-state index is 12.2. The first kappa shape index (κ1) is 17.6. The molecule has 134 valence electrons. The molecule has 1 unspecified atom stereocenters. The molecule has 0 saturated carbocycles. The molecular weight excluding hydrogens is 316 g/mol. The van der Waals surface area contributed by atoms with E-state index in [0.717, 1.165) is 19.6 Å². The second-order valence-electron chi connectivity index (χ2n) is 6.56. The molecule has 1 aliphatic rings. The number of rotatable bonds is 7. The van der Waals surface area contributed by atoms with Gasteiger partial charge in [0.25, 0.3) is 5.91 Å². The predicted octanol–water partition coefficient (Wildman–Crippen LogP) is 1.40. The molecule has 0 spiro atoms. The lowest BCUT2D eigenvalue weighted by atomic mass is 9.94. The SMILES string of the molecule is Cc1ccccc1C1CCN(CCNC(=O)c2ccnn2CCO)C1. The molecule has 1 aromatic carbocycles. The molecule has 2 heterocycles. The van der Waals surface area contributed by atoms with Gasteiger partial charge in [-0.15, -0.1) is 0 Å². The zero-order valence-electron chi connectivity index (χ0n) is 14.7. The Hall–Kier alpha value is -2.18. The molecule has 6 heteroatoms. The minimum Gasteiger partial charge on any atom is -0.394 e. The summed E-state index contributed by atoms with van der Waals surface area (Å²) in [6.07, 6.45) is 2.75. The number of nitrogens with zero attached hydrogens (tertiary/aromatic N) is 3. The van der Waals surface area contributed by atoms with Gasteiger partial charge in [0.05, 0.1) is 13.2 Å².